The first-order valence-corrected chi connectivity index (χ1v) is 9.49. The molecule has 0 radical (unpaired) electrons. The van der Waals surface area contributed by atoms with Crippen LogP contribution < -0.4 is 4.74 Å². The molecule has 1 N–H and O–H groups in total. The normalized spacial score (nSPS) is 11.4. The molecule has 0 unspecified atom stereocenters. The third-order valence-corrected chi connectivity index (χ3v) is 4.93. The van der Waals surface area contributed by atoms with Gasteiger partial charge in [-0.25, -0.2) is 4.98 Å². The summed E-state index contributed by atoms with van der Waals surface area (Å²) in [4.78, 5) is 7.89. The number of nitriles is 1. The molecular formula is C25H21N3O. The molecule has 0 spiro atoms. The lowest BCUT2D eigenvalue weighted by Gasteiger charge is -2.09. The van der Waals surface area contributed by atoms with E-state index in [0.717, 1.165) is 27.9 Å². The van der Waals surface area contributed by atoms with E-state index in [2.05, 4.69) is 36.0 Å². The van der Waals surface area contributed by atoms with E-state index in [-0.39, 0.29) is 0 Å². The fourth-order valence-electron chi connectivity index (χ4n) is 3.17. The zero-order valence-corrected chi connectivity index (χ0v) is 16.4. The monoisotopic (exact) mass is 379 g/mol. The highest BCUT2D eigenvalue weighted by atomic mass is 16.5. The van der Waals surface area contributed by atoms with Gasteiger partial charge in [-0.05, 0) is 54.8 Å². The minimum Gasteiger partial charge on any atom is -0.488 e. The molecule has 4 nitrogen and oxygen atoms in total. The Kier molecular flexibility index (Phi) is 5.13. The number of rotatable bonds is 5. The summed E-state index contributed by atoms with van der Waals surface area (Å²) in [6.45, 7) is 4.60. The van der Waals surface area contributed by atoms with Crippen molar-refractivity contribution in [3.05, 3.63) is 94.8 Å². The van der Waals surface area contributed by atoms with Crippen LogP contribution in [0.15, 0.2) is 66.7 Å². The Balaban J connectivity index is 1.66. The van der Waals surface area contributed by atoms with Gasteiger partial charge in [0.2, 0.25) is 0 Å². The zero-order chi connectivity index (χ0) is 20.2. The number of aryl methyl sites for hydroxylation is 2. The predicted molar refractivity (Wildman–Crippen MR) is 116 cm³/mol. The van der Waals surface area contributed by atoms with Gasteiger partial charge in [0, 0.05) is 5.56 Å². The average molecular weight is 379 g/mol. The maximum atomic E-state index is 9.75. The van der Waals surface area contributed by atoms with Crippen LogP contribution in [0.4, 0.5) is 0 Å². The van der Waals surface area contributed by atoms with Crippen LogP contribution in [0.1, 0.15) is 28.1 Å². The van der Waals surface area contributed by atoms with Gasteiger partial charge in [-0.2, -0.15) is 5.26 Å². The molecule has 4 rings (SSSR count). The molecule has 4 heteroatoms. The van der Waals surface area contributed by atoms with E-state index in [9.17, 15) is 5.26 Å². The summed E-state index contributed by atoms with van der Waals surface area (Å²) in [5.74, 6) is 1.29. The van der Waals surface area contributed by atoms with Gasteiger partial charge in [-0.15, -0.1) is 0 Å². The number of hydrogen-bond donors (Lipinski definition) is 1. The van der Waals surface area contributed by atoms with Crippen molar-refractivity contribution >= 4 is 22.7 Å². The smallest absolute Gasteiger partial charge is 0.149 e. The molecule has 1 aromatic heterocycles. The number of benzene rings is 3. The Hall–Kier alpha value is -3.84. The Morgan fingerprint density at radius 1 is 1.03 bits per heavy atom. The van der Waals surface area contributed by atoms with Crippen LogP contribution in [-0.4, -0.2) is 9.97 Å². The van der Waals surface area contributed by atoms with Crippen LogP contribution in [0.5, 0.6) is 5.75 Å². The highest BCUT2D eigenvalue weighted by molar-refractivity contribution is 5.91. The number of nitrogens with zero attached hydrogens (tertiary/aromatic N) is 2. The van der Waals surface area contributed by atoms with Crippen LogP contribution in [0.3, 0.4) is 0 Å². The van der Waals surface area contributed by atoms with E-state index in [1.807, 2.05) is 66.7 Å². The average Bonchev–Trinajstić information content (AvgIpc) is 3.14. The molecule has 0 bridgehead atoms. The molecule has 0 aliphatic rings. The van der Waals surface area contributed by atoms with Gasteiger partial charge in [0.1, 0.15) is 24.3 Å². The van der Waals surface area contributed by atoms with Crippen molar-refractivity contribution in [3.8, 4) is 11.8 Å². The molecule has 0 saturated heterocycles. The summed E-state index contributed by atoms with van der Waals surface area (Å²) in [5.41, 5.74) is 6.55. The molecule has 0 aliphatic heterocycles. The maximum Gasteiger partial charge on any atom is 0.149 e. The summed E-state index contributed by atoms with van der Waals surface area (Å²) < 4.78 is 6.01. The number of aromatic nitrogens is 2. The summed E-state index contributed by atoms with van der Waals surface area (Å²) in [6, 6.07) is 24.1. The van der Waals surface area contributed by atoms with Crippen molar-refractivity contribution in [1.29, 1.82) is 5.26 Å². The van der Waals surface area contributed by atoms with Crippen molar-refractivity contribution in [2.45, 2.75) is 20.5 Å². The third-order valence-electron chi connectivity index (χ3n) is 4.93. The molecule has 0 aliphatic carbocycles. The topological polar surface area (TPSA) is 61.7 Å². The first-order chi connectivity index (χ1) is 14.1. The number of nitrogens with one attached hydrogen (secondary N) is 1. The van der Waals surface area contributed by atoms with E-state index < -0.39 is 0 Å². The molecule has 0 saturated carbocycles. The van der Waals surface area contributed by atoms with Gasteiger partial charge in [0.15, 0.2) is 0 Å². The highest BCUT2D eigenvalue weighted by Gasteiger charge is 2.11. The van der Waals surface area contributed by atoms with Crippen molar-refractivity contribution in [2.24, 2.45) is 0 Å². The van der Waals surface area contributed by atoms with Crippen molar-refractivity contribution in [3.63, 3.8) is 0 Å². The molecule has 4 aromatic rings. The molecule has 3 aromatic carbocycles. The maximum absolute atomic E-state index is 9.75. The Bertz CT molecular complexity index is 1190. The van der Waals surface area contributed by atoms with Crippen molar-refractivity contribution < 1.29 is 4.74 Å². The molecule has 142 valence electrons. The largest absolute Gasteiger partial charge is 0.488 e. The van der Waals surface area contributed by atoms with Crippen molar-refractivity contribution in [2.75, 3.05) is 0 Å². The van der Waals surface area contributed by atoms with Crippen LogP contribution >= 0.6 is 0 Å². The summed E-state index contributed by atoms with van der Waals surface area (Å²) in [5, 5.41) is 9.75. The lowest BCUT2D eigenvalue weighted by molar-refractivity contribution is 0.305. The fraction of sp³-hybridized carbons (Fsp3) is 0.120. The van der Waals surface area contributed by atoms with Crippen LogP contribution in [-0.2, 0) is 6.61 Å². The van der Waals surface area contributed by atoms with Gasteiger partial charge in [-0.1, -0.05) is 48.5 Å². The first-order valence-electron chi connectivity index (χ1n) is 9.49. The van der Waals surface area contributed by atoms with E-state index >= 15 is 0 Å². The second-order valence-corrected chi connectivity index (χ2v) is 7.02. The quantitative estimate of drug-likeness (QED) is 0.444. The zero-order valence-electron chi connectivity index (χ0n) is 16.4. The minimum atomic E-state index is 0.465. The fourth-order valence-corrected chi connectivity index (χ4v) is 3.17. The molecular weight excluding hydrogens is 358 g/mol. The van der Waals surface area contributed by atoms with Crippen LogP contribution in [0, 0.1) is 25.2 Å². The van der Waals surface area contributed by atoms with E-state index in [1.54, 1.807) is 0 Å². The number of fused-ring (bicyclic) bond motifs is 1. The summed E-state index contributed by atoms with van der Waals surface area (Å²) >= 11 is 0. The molecule has 1 heterocycles. The Labute approximate surface area is 170 Å². The lowest BCUT2D eigenvalue weighted by Crippen LogP contribution is -1.97. The number of allylic oxidation sites excluding steroid dienone is 1. The highest BCUT2D eigenvalue weighted by Crippen LogP contribution is 2.26. The van der Waals surface area contributed by atoms with Crippen molar-refractivity contribution in [1.82, 2.24) is 9.97 Å². The lowest BCUT2D eigenvalue weighted by atomic mass is 10.1. The van der Waals surface area contributed by atoms with Gasteiger partial charge in [0.25, 0.3) is 0 Å². The van der Waals surface area contributed by atoms with Crippen LogP contribution in [0.2, 0.25) is 0 Å². The second-order valence-electron chi connectivity index (χ2n) is 7.02. The number of H-pyrrole nitrogens is 1. The number of ether oxygens (including phenoxy) is 1. The summed E-state index contributed by atoms with van der Waals surface area (Å²) in [6.07, 6.45) is 1.82. The van der Waals surface area contributed by atoms with Gasteiger partial charge < -0.3 is 9.72 Å². The number of para-hydroxylation sites is 1. The Morgan fingerprint density at radius 2 is 1.76 bits per heavy atom. The molecule has 0 amide bonds. The van der Waals surface area contributed by atoms with Crippen LogP contribution in [0.25, 0.3) is 22.7 Å². The standard InChI is InChI=1S/C25H21N3O/c1-17-12-22-23(13-18(17)2)28-25(27-22)21(15-26)14-20-10-6-7-11-24(20)29-16-19-8-4-3-5-9-19/h3-14H,16H2,1-2H3,(H,27,28)/b21-14+. The third kappa shape index (κ3) is 4.04. The van der Waals surface area contributed by atoms with Gasteiger partial charge >= 0.3 is 0 Å². The van der Waals surface area contributed by atoms with Gasteiger partial charge in [-0.3, -0.25) is 0 Å². The Morgan fingerprint density at radius 3 is 2.55 bits per heavy atom. The second kappa shape index (κ2) is 8.04. The molecule has 0 fully saturated rings. The minimum absolute atomic E-state index is 0.465. The van der Waals surface area contributed by atoms with E-state index in [1.165, 1.54) is 11.1 Å². The first kappa shape index (κ1) is 18.5. The predicted octanol–water partition coefficient (Wildman–Crippen LogP) is 5.82. The molecule has 29 heavy (non-hydrogen) atoms. The van der Waals surface area contributed by atoms with E-state index in [0.29, 0.717) is 18.0 Å². The SMILES string of the molecule is Cc1cc2nc(/C(C#N)=C/c3ccccc3OCc3ccccc3)[nH]c2cc1C. The number of imidazole rings is 1. The molecule has 0 atom stereocenters. The number of aromatic amines is 1. The number of hydrogen-bond acceptors (Lipinski definition) is 3. The van der Waals surface area contributed by atoms with E-state index in [4.69, 9.17) is 4.74 Å². The summed E-state index contributed by atoms with van der Waals surface area (Å²) in [7, 11) is 0. The van der Waals surface area contributed by atoms with Gasteiger partial charge in [0.05, 0.1) is 16.6 Å².